The molecule has 0 unspecified atom stereocenters. The first-order chi connectivity index (χ1) is 13.0. The number of carbonyl (C=O) groups is 1. The summed E-state index contributed by atoms with van der Waals surface area (Å²) in [5.74, 6) is 0.412. The summed E-state index contributed by atoms with van der Waals surface area (Å²) >= 11 is 0. The van der Waals surface area contributed by atoms with Crippen molar-refractivity contribution in [3.8, 4) is 17.0 Å². The van der Waals surface area contributed by atoms with Crippen molar-refractivity contribution in [1.82, 2.24) is 14.4 Å². The molecule has 0 saturated carbocycles. The van der Waals surface area contributed by atoms with Gasteiger partial charge >= 0.3 is 0 Å². The van der Waals surface area contributed by atoms with Gasteiger partial charge in [0, 0.05) is 30.9 Å². The fourth-order valence-corrected chi connectivity index (χ4v) is 4.04. The van der Waals surface area contributed by atoms with E-state index in [0.717, 1.165) is 5.56 Å². The summed E-state index contributed by atoms with van der Waals surface area (Å²) in [5.41, 5.74) is 1.94. The zero-order valence-electron chi connectivity index (χ0n) is 16.3. The summed E-state index contributed by atoms with van der Waals surface area (Å²) in [5, 5.41) is 2.63. The molecule has 0 saturated heterocycles. The molecule has 0 fully saturated rings. The molecule has 8 nitrogen and oxygen atoms in total. The Hall–Kier alpha value is -2.94. The van der Waals surface area contributed by atoms with Gasteiger partial charge in [0.25, 0.3) is 0 Å². The van der Waals surface area contributed by atoms with Gasteiger partial charge in [-0.15, -0.1) is 0 Å². The van der Waals surface area contributed by atoms with Crippen LogP contribution in [0.2, 0.25) is 0 Å². The van der Waals surface area contributed by atoms with Gasteiger partial charge < -0.3 is 10.1 Å². The van der Waals surface area contributed by atoms with Gasteiger partial charge in [-0.25, -0.2) is 18.4 Å². The maximum atomic E-state index is 13.1. The summed E-state index contributed by atoms with van der Waals surface area (Å²) in [6, 6.07) is 5.06. The third-order valence-electron chi connectivity index (χ3n) is 4.25. The first-order valence-corrected chi connectivity index (χ1v) is 10.1. The molecule has 3 rings (SSSR count). The van der Waals surface area contributed by atoms with Crippen molar-refractivity contribution in [2.45, 2.75) is 37.3 Å². The SMILES string of the molecule is COc1cc2ncc(-c3ccnc(NC(C)=O)c3)n2cc1S(=O)(=O)C(C)(C)C. The number of imidazole rings is 1. The molecule has 0 aliphatic rings. The normalized spacial score (nSPS) is 12.2. The van der Waals surface area contributed by atoms with Crippen LogP contribution in [0.4, 0.5) is 5.82 Å². The molecule has 9 heteroatoms. The lowest BCUT2D eigenvalue weighted by molar-refractivity contribution is -0.114. The number of rotatable bonds is 4. The van der Waals surface area contributed by atoms with Crippen LogP contribution in [0.25, 0.3) is 16.9 Å². The maximum Gasteiger partial charge on any atom is 0.222 e. The highest BCUT2D eigenvalue weighted by Gasteiger charge is 2.34. The van der Waals surface area contributed by atoms with Crippen molar-refractivity contribution < 1.29 is 17.9 Å². The van der Waals surface area contributed by atoms with Gasteiger partial charge in [0.15, 0.2) is 9.84 Å². The summed E-state index contributed by atoms with van der Waals surface area (Å²) in [7, 11) is -2.22. The van der Waals surface area contributed by atoms with Crippen molar-refractivity contribution in [3.05, 3.63) is 36.8 Å². The van der Waals surface area contributed by atoms with E-state index in [1.165, 1.54) is 20.2 Å². The van der Waals surface area contributed by atoms with Gasteiger partial charge in [0.2, 0.25) is 5.91 Å². The average molecular weight is 402 g/mol. The van der Waals surface area contributed by atoms with E-state index in [9.17, 15) is 13.2 Å². The van der Waals surface area contributed by atoms with E-state index in [2.05, 4.69) is 15.3 Å². The number of ether oxygens (including phenoxy) is 1. The second-order valence-corrected chi connectivity index (χ2v) is 9.98. The van der Waals surface area contributed by atoms with Crippen LogP contribution >= 0.6 is 0 Å². The molecule has 28 heavy (non-hydrogen) atoms. The Bertz CT molecular complexity index is 1160. The lowest BCUT2D eigenvalue weighted by Gasteiger charge is -2.21. The lowest BCUT2D eigenvalue weighted by atomic mass is 10.2. The lowest BCUT2D eigenvalue weighted by Crippen LogP contribution is -2.28. The van der Waals surface area contributed by atoms with E-state index in [1.807, 2.05) is 0 Å². The molecule has 148 valence electrons. The largest absolute Gasteiger partial charge is 0.495 e. The summed E-state index contributed by atoms with van der Waals surface area (Å²) in [4.78, 5) is 19.9. The van der Waals surface area contributed by atoms with E-state index in [-0.39, 0.29) is 16.6 Å². The highest BCUT2D eigenvalue weighted by atomic mass is 32.2. The Morgan fingerprint density at radius 3 is 2.54 bits per heavy atom. The molecule has 0 aliphatic carbocycles. The van der Waals surface area contributed by atoms with Crippen LogP contribution in [0, 0.1) is 0 Å². The van der Waals surface area contributed by atoms with E-state index in [1.54, 1.807) is 55.8 Å². The molecule has 0 bridgehead atoms. The second-order valence-electron chi connectivity index (χ2n) is 7.30. The van der Waals surface area contributed by atoms with Crippen LogP contribution in [0.15, 0.2) is 41.7 Å². The topological polar surface area (TPSA) is 103 Å². The van der Waals surface area contributed by atoms with Crippen molar-refractivity contribution >= 4 is 27.2 Å². The average Bonchev–Trinajstić information content (AvgIpc) is 3.02. The molecule has 0 radical (unpaired) electrons. The fraction of sp³-hybridized carbons (Fsp3) is 0.316. The minimum absolute atomic E-state index is 0.0883. The van der Waals surface area contributed by atoms with Crippen LogP contribution in [0.1, 0.15) is 27.7 Å². The highest BCUT2D eigenvalue weighted by molar-refractivity contribution is 7.92. The molecule has 0 aliphatic heterocycles. The Labute approximate surface area is 163 Å². The Morgan fingerprint density at radius 1 is 1.21 bits per heavy atom. The van der Waals surface area contributed by atoms with Gasteiger partial charge in [-0.3, -0.25) is 9.20 Å². The van der Waals surface area contributed by atoms with E-state index >= 15 is 0 Å². The van der Waals surface area contributed by atoms with Gasteiger partial charge in [-0.1, -0.05) is 0 Å². The molecule has 0 aromatic carbocycles. The smallest absolute Gasteiger partial charge is 0.222 e. The fourth-order valence-electron chi connectivity index (χ4n) is 2.73. The zero-order valence-corrected chi connectivity index (χ0v) is 17.2. The number of nitrogens with zero attached hydrogens (tertiary/aromatic N) is 3. The van der Waals surface area contributed by atoms with Gasteiger partial charge in [0.05, 0.1) is 23.7 Å². The number of hydrogen-bond donors (Lipinski definition) is 1. The highest BCUT2D eigenvalue weighted by Crippen LogP contribution is 2.34. The number of carbonyl (C=O) groups excluding carboxylic acids is 1. The molecule has 0 spiro atoms. The van der Waals surface area contributed by atoms with Crippen molar-refractivity contribution in [1.29, 1.82) is 0 Å². The van der Waals surface area contributed by atoms with E-state index in [0.29, 0.717) is 17.2 Å². The van der Waals surface area contributed by atoms with Gasteiger partial charge in [-0.05, 0) is 32.9 Å². The minimum atomic E-state index is -3.65. The molecule has 3 aromatic heterocycles. The number of hydrogen-bond acceptors (Lipinski definition) is 6. The van der Waals surface area contributed by atoms with Crippen molar-refractivity contribution in [3.63, 3.8) is 0 Å². The maximum absolute atomic E-state index is 13.1. The summed E-state index contributed by atoms with van der Waals surface area (Å²) in [6.45, 7) is 6.33. The number of anilines is 1. The molecule has 3 aromatic rings. The molecule has 0 atom stereocenters. The van der Waals surface area contributed by atoms with E-state index in [4.69, 9.17) is 4.74 Å². The Kier molecular flexibility index (Phi) is 4.88. The second kappa shape index (κ2) is 6.90. The third-order valence-corrected chi connectivity index (χ3v) is 6.75. The van der Waals surface area contributed by atoms with E-state index < -0.39 is 14.6 Å². The number of pyridine rings is 2. The van der Waals surface area contributed by atoms with Crippen LogP contribution in [-0.2, 0) is 14.6 Å². The molecule has 1 N–H and O–H groups in total. The monoisotopic (exact) mass is 402 g/mol. The number of nitrogens with one attached hydrogen (secondary N) is 1. The predicted octanol–water partition coefficient (Wildman–Crippen LogP) is 2.94. The number of fused-ring (bicyclic) bond motifs is 1. The Morgan fingerprint density at radius 2 is 1.93 bits per heavy atom. The molecule has 3 heterocycles. The van der Waals surface area contributed by atoms with Crippen molar-refractivity contribution in [2.75, 3.05) is 12.4 Å². The minimum Gasteiger partial charge on any atom is -0.495 e. The first-order valence-electron chi connectivity index (χ1n) is 8.58. The van der Waals surface area contributed by atoms with Crippen LogP contribution in [-0.4, -0.2) is 40.6 Å². The van der Waals surface area contributed by atoms with Crippen molar-refractivity contribution in [2.24, 2.45) is 0 Å². The standard InChI is InChI=1S/C19H22N4O4S/c1-12(24)22-17-8-13(6-7-20-17)14-10-21-18-9-15(27-5)16(11-23(14)18)28(25,26)19(2,3)4/h6-11H,1-5H3,(H,20,22,24). The molecular weight excluding hydrogens is 380 g/mol. The van der Waals surface area contributed by atoms with Crippen LogP contribution in [0.3, 0.4) is 0 Å². The summed E-state index contributed by atoms with van der Waals surface area (Å²) < 4.78 is 32.1. The number of aromatic nitrogens is 3. The quantitative estimate of drug-likeness (QED) is 0.720. The number of amides is 1. The van der Waals surface area contributed by atoms with Crippen LogP contribution < -0.4 is 10.1 Å². The molecule has 1 amide bonds. The van der Waals surface area contributed by atoms with Crippen LogP contribution in [0.5, 0.6) is 5.75 Å². The Balaban J connectivity index is 2.23. The van der Waals surface area contributed by atoms with Gasteiger partial charge in [0.1, 0.15) is 22.1 Å². The third kappa shape index (κ3) is 3.45. The predicted molar refractivity (Wildman–Crippen MR) is 106 cm³/mol. The first kappa shape index (κ1) is 19.8. The zero-order chi connectivity index (χ0) is 20.7. The number of methoxy groups -OCH3 is 1. The number of sulfone groups is 1. The molecular formula is C19H22N4O4S. The van der Waals surface area contributed by atoms with Gasteiger partial charge in [-0.2, -0.15) is 0 Å². The summed E-state index contributed by atoms with van der Waals surface area (Å²) in [6.07, 6.45) is 4.72.